The molecular formula is C13H19BrOS. The van der Waals surface area contributed by atoms with Gasteiger partial charge in [-0.3, -0.25) is 0 Å². The molecule has 3 heteroatoms. The first kappa shape index (κ1) is 12.6. The number of hydrogen-bond donors (Lipinski definition) is 1. The Hall–Kier alpha value is 0.140. The van der Waals surface area contributed by atoms with Gasteiger partial charge in [-0.1, -0.05) is 25.7 Å². The molecule has 1 aromatic rings. The van der Waals surface area contributed by atoms with E-state index in [1.165, 1.54) is 37.0 Å². The van der Waals surface area contributed by atoms with Crippen molar-refractivity contribution >= 4 is 27.3 Å². The maximum absolute atomic E-state index is 9.96. The van der Waals surface area contributed by atoms with Crippen LogP contribution in [0.25, 0.3) is 0 Å². The zero-order chi connectivity index (χ0) is 11.4. The van der Waals surface area contributed by atoms with Crippen LogP contribution in [0.1, 0.15) is 43.4 Å². The number of aliphatic hydroxyl groups is 1. The van der Waals surface area contributed by atoms with Gasteiger partial charge in [0, 0.05) is 21.2 Å². The predicted molar refractivity (Wildman–Crippen MR) is 72.9 cm³/mol. The smallest absolute Gasteiger partial charge is 0.0588 e. The highest BCUT2D eigenvalue weighted by atomic mass is 79.9. The molecule has 1 N–H and O–H groups in total. The second kappa shape index (κ2) is 6.18. The molecule has 0 spiro atoms. The molecule has 0 aliphatic heterocycles. The maximum Gasteiger partial charge on any atom is 0.0588 e. The van der Waals surface area contributed by atoms with Crippen LogP contribution in [0.5, 0.6) is 0 Å². The molecule has 0 amide bonds. The number of rotatable bonds is 5. The maximum atomic E-state index is 9.96. The van der Waals surface area contributed by atoms with Gasteiger partial charge in [0.05, 0.1) is 6.10 Å². The number of hydrogen-bond acceptors (Lipinski definition) is 2. The average molecular weight is 303 g/mol. The Bertz CT molecular complexity index is 317. The molecule has 0 radical (unpaired) electrons. The topological polar surface area (TPSA) is 20.2 Å². The molecule has 0 bridgehead atoms. The van der Waals surface area contributed by atoms with Gasteiger partial charge >= 0.3 is 0 Å². The van der Waals surface area contributed by atoms with Crippen LogP contribution in [-0.2, 0) is 6.42 Å². The Balaban J connectivity index is 1.69. The lowest BCUT2D eigenvalue weighted by molar-refractivity contribution is 0.155. The highest BCUT2D eigenvalue weighted by Gasteiger charge is 2.16. The Kier molecular flexibility index (Phi) is 4.86. The molecule has 1 fully saturated rings. The third-order valence-corrected chi connectivity index (χ3v) is 5.16. The van der Waals surface area contributed by atoms with Gasteiger partial charge in [-0.05, 0) is 40.8 Å². The second-order valence-electron chi connectivity index (χ2n) is 4.82. The minimum atomic E-state index is -0.147. The molecule has 1 nitrogen and oxygen atoms in total. The van der Waals surface area contributed by atoms with Crippen LogP contribution in [0.15, 0.2) is 15.9 Å². The van der Waals surface area contributed by atoms with Crippen molar-refractivity contribution in [1.82, 2.24) is 0 Å². The van der Waals surface area contributed by atoms with Crippen molar-refractivity contribution in [3.05, 3.63) is 20.8 Å². The molecule has 1 saturated carbocycles. The van der Waals surface area contributed by atoms with Crippen LogP contribution in [-0.4, -0.2) is 11.2 Å². The summed E-state index contributed by atoms with van der Waals surface area (Å²) in [5.74, 6) is 0.893. The van der Waals surface area contributed by atoms with Crippen molar-refractivity contribution in [2.75, 3.05) is 0 Å². The van der Waals surface area contributed by atoms with Gasteiger partial charge in [0.15, 0.2) is 0 Å². The van der Waals surface area contributed by atoms with E-state index in [0.29, 0.717) is 0 Å². The van der Waals surface area contributed by atoms with Crippen LogP contribution < -0.4 is 0 Å². The molecule has 90 valence electrons. The van der Waals surface area contributed by atoms with Crippen LogP contribution in [0, 0.1) is 5.92 Å². The van der Waals surface area contributed by atoms with Crippen LogP contribution in [0.4, 0.5) is 0 Å². The largest absolute Gasteiger partial charge is 0.393 e. The van der Waals surface area contributed by atoms with Crippen LogP contribution in [0.2, 0.25) is 0 Å². The molecule has 0 saturated heterocycles. The summed E-state index contributed by atoms with van der Waals surface area (Å²) in [5.41, 5.74) is 0. The first-order chi connectivity index (χ1) is 7.74. The summed E-state index contributed by atoms with van der Waals surface area (Å²) < 4.78 is 1.13. The second-order valence-corrected chi connectivity index (χ2v) is 6.73. The molecule has 1 atom stereocenters. The van der Waals surface area contributed by atoms with Crippen LogP contribution in [0.3, 0.4) is 0 Å². The minimum Gasteiger partial charge on any atom is -0.393 e. The summed E-state index contributed by atoms with van der Waals surface area (Å²) in [5, 5.41) is 12.0. The summed E-state index contributed by atoms with van der Waals surface area (Å²) in [6.07, 6.45) is 8.44. The van der Waals surface area contributed by atoms with E-state index in [1.54, 1.807) is 11.3 Å². The minimum absolute atomic E-state index is 0.147. The van der Waals surface area contributed by atoms with Crippen LogP contribution >= 0.6 is 27.3 Å². The molecular weight excluding hydrogens is 284 g/mol. The number of thiophene rings is 1. The highest BCUT2D eigenvalue weighted by molar-refractivity contribution is 9.10. The van der Waals surface area contributed by atoms with Crippen molar-refractivity contribution in [3.8, 4) is 0 Å². The SMILES string of the molecule is OC(CCC1CCCC1)Cc1cc(Br)cs1. The van der Waals surface area contributed by atoms with Gasteiger partial charge in [0.25, 0.3) is 0 Å². The molecule has 1 aliphatic rings. The molecule has 16 heavy (non-hydrogen) atoms. The van der Waals surface area contributed by atoms with E-state index in [4.69, 9.17) is 0 Å². The van der Waals surface area contributed by atoms with E-state index in [0.717, 1.165) is 23.2 Å². The zero-order valence-corrected chi connectivity index (χ0v) is 11.9. The molecule has 1 aliphatic carbocycles. The van der Waals surface area contributed by atoms with Gasteiger partial charge in [0.2, 0.25) is 0 Å². The normalized spacial score (nSPS) is 19.1. The molecule has 1 heterocycles. The Labute approximate surface area is 110 Å². The lowest BCUT2D eigenvalue weighted by Gasteiger charge is -2.12. The Morgan fingerprint density at radius 2 is 2.19 bits per heavy atom. The highest BCUT2D eigenvalue weighted by Crippen LogP contribution is 2.29. The monoisotopic (exact) mass is 302 g/mol. The molecule has 1 unspecified atom stereocenters. The predicted octanol–water partition coefficient (Wildman–Crippen LogP) is 4.38. The van der Waals surface area contributed by atoms with Crippen molar-refractivity contribution < 1.29 is 5.11 Å². The average Bonchev–Trinajstić information content (AvgIpc) is 2.87. The van der Waals surface area contributed by atoms with Crippen molar-refractivity contribution in [1.29, 1.82) is 0 Å². The van der Waals surface area contributed by atoms with E-state index in [2.05, 4.69) is 27.4 Å². The van der Waals surface area contributed by atoms with E-state index < -0.39 is 0 Å². The lowest BCUT2D eigenvalue weighted by atomic mass is 9.98. The quantitative estimate of drug-likeness (QED) is 0.855. The van der Waals surface area contributed by atoms with E-state index >= 15 is 0 Å². The fourth-order valence-corrected chi connectivity index (χ4v) is 4.05. The van der Waals surface area contributed by atoms with Gasteiger partial charge < -0.3 is 5.11 Å². The fraction of sp³-hybridized carbons (Fsp3) is 0.692. The first-order valence-corrected chi connectivity index (χ1v) is 7.82. The van der Waals surface area contributed by atoms with Gasteiger partial charge in [-0.2, -0.15) is 0 Å². The van der Waals surface area contributed by atoms with Gasteiger partial charge in [0.1, 0.15) is 0 Å². The standard InChI is InChI=1S/C13H19BrOS/c14-11-7-13(16-9-11)8-12(15)6-5-10-3-1-2-4-10/h7,9-10,12,15H,1-6,8H2. The molecule has 1 aromatic heterocycles. The van der Waals surface area contributed by atoms with Crippen molar-refractivity contribution in [2.24, 2.45) is 5.92 Å². The summed E-state index contributed by atoms with van der Waals surface area (Å²) >= 11 is 5.17. The van der Waals surface area contributed by atoms with Crippen molar-refractivity contribution in [3.63, 3.8) is 0 Å². The van der Waals surface area contributed by atoms with Crippen molar-refractivity contribution in [2.45, 2.75) is 51.0 Å². The summed E-state index contributed by atoms with van der Waals surface area (Å²) in [6, 6.07) is 2.11. The Morgan fingerprint density at radius 3 is 2.81 bits per heavy atom. The fourth-order valence-electron chi connectivity index (χ4n) is 2.52. The van der Waals surface area contributed by atoms with Gasteiger partial charge in [-0.25, -0.2) is 0 Å². The lowest BCUT2D eigenvalue weighted by Crippen LogP contribution is -2.11. The number of halogens is 1. The summed E-state index contributed by atoms with van der Waals surface area (Å²) in [6.45, 7) is 0. The van der Waals surface area contributed by atoms with E-state index in [1.807, 2.05) is 0 Å². The summed E-state index contributed by atoms with van der Waals surface area (Å²) in [7, 11) is 0. The zero-order valence-electron chi connectivity index (χ0n) is 9.49. The third-order valence-electron chi connectivity index (χ3n) is 3.44. The number of aliphatic hydroxyl groups excluding tert-OH is 1. The molecule has 2 rings (SSSR count). The molecule has 0 aromatic carbocycles. The first-order valence-electron chi connectivity index (χ1n) is 6.15. The van der Waals surface area contributed by atoms with E-state index in [-0.39, 0.29) is 6.10 Å². The van der Waals surface area contributed by atoms with Gasteiger partial charge in [-0.15, -0.1) is 11.3 Å². The third kappa shape index (κ3) is 3.86. The van der Waals surface area contributed by atoms with E-state index in [9.17, 15) is 5.11 Å². The summed E-state index contributed by atoms with van der Waals surface area (Å²) in [4.78, 5) is 1.28. The Morgan fingerprint density at radius 1 is 1.44 bits per heavy atom.